The molecule has 46 heavy (non-hydrogen) atoms. The molecule has 1 atom stereocenters. The summed E-state index contributed by atoms with van der Waals surface area (Å²) in [5.74, 6) is -1.34. The molecule has 0 aliphatic rings. The molecule has 270 valence electrons. The Morgan fingerprint density at radius 3 is 1.28 bits per heavy atom. The Hall–Kier alpha value is -2.16. The van der Waals surface area contributed by atoms with E-state index >= 15 is 0 Å². The number of rotatable bonds is 32. The Balaban J connectivity index is 4.45. The van der Waals surface area contributed by atoms with Crippen LogP contribution in [0.3, 0.4) is 0 Å². The monoisotopic (exact) mass is 653 g/mol. The van der Waals surface area contributed by atoms with Crippen LogP contribution in [0.4, 0.5) is 0 Å². The van der Waals surface area contributed by atoms with Gasteiger partial charge in [-0.3, -0.25) is 19.2 Å². The van der Waals surface area contributed by atoms with Gasteiger partial charge in [0.2, 0.25) is 17.7 Å². The van der Waals surface area contributed by atoms with Crippen LogP contribution in [0, 0.1) is 0 Å². The van der Waals surface area contributed by atoms with Gasteiger partial charge in [0.15, 0.2) is 6.54 Å². The maximum atomic E-state index is 13.0. The maximum absolute atomic E-state index is 13.0. The predicted octanol–water partition coefficient (Wildman–Crippen LogP) is 6.54. The van der Waals surface area contributed by atoms with Crippen molar-refractivity contribution in [2.75, 3.05) is 47.3 Å². The number of likely N-dealkylation sites (N-methyl/N-ethyl adjacent to an activating group) is 1. The highest BCUT2D eigenvalue weighted by Gasteiger charge is 2.24. The zero-order valence-electron chi connectivity index (χ0n) is 30.7. The van der Waals surface area contributed by atoms with Gasteiger partial charge in [-0.25, -0.2) is 0 Å². The van der Waals surface area contributed by atoms with Gasteiger partial charge in [0.25, 0.3) is 5.91 Å². The molecular formula is C37H74N5O4+. The highest BCUT2D eigenvalue weighted by Crippen LogP contribution is 2.12. The fourth-order valence-electron chi connectivity index (χ4n) is 5.52. The van der Waals surface area contributed by atoms with Gasteiger partial charge in [0.1, 0.15) is 6.04 Å². The zero-order valence-corrected chi connectivity index (χ0v) is 30.7. The van der Waals surface area contributed by atoms with Gasteiger partial charge in [0.05, 0.1) is 34.1 Å². The molecule has 9 heteroatoms. The third kappa shape index (κ3) is 30.5. The van der Waals surface area contributed by atoms with E-state index in [1.807, 2.05) is 21.1 Å². The minimum absolute atomic E-state index is 0.124. The van der Waals surface area contributed by atoms with E-state index in [2.05, 4.69) is 35.1 Å². The van der Waals surface area contributed by atoms with Crippen molar-refractivity contribution in [2.24, 2.45) is 0 Å². The van der Waals surface area contributed by atoms with E-state index in [9.17, 15) is 19.2 Å². The average molecular weight is 653 g/mol. The van der Waals surface area contributed by atoms with Crippen molar-refractivity contribution < 1.29 is 23.7 Å². The smallest absolute Gasteiger partial charge is 0.275 e. The number of carbonyl (C=O) groups excluding carboxylic acids is 4. The summed E-state index contributed by atoms with van der Waals surface area (Å²) in [7, 11) is 5.68. The van der Waals surface area contributed by atoms with Crippen molar-refractivity contribution in [3.63, 3.8) is 0 Å². The first-order valence-corrected chi connectivity index (χ1v) is 19.0. The Labute approximate surface area is 283 Å². The molecule has 0 fully saturated rings. The van der Waals surface area contributed by atoms with Crippen LogP contribution in [0.5, 0.6) is 0 Å². The average Bonchev–Trinajstić information content (AvgIpc) is 2.99. The van der Waals surface area contributed by atoms with Gasteiger partial charge < -0.3 is 25.8 Å². The summed E-state index contributed by atoms with van der Waals surface area (Å²) >= 11 is 0. The summed E-state index contributed by atoms with van der Waals surface area (Å²) in [6, 6.07) is -0.979. The van der Waals surface area contributed by atoms with Crippen LogP contribution < -0.4 is 21.3 Å². The number of hydrogen-bond donors (Lipinski definition) is 4. The van der Waals surface area contributed by atoms with E-state index in [-0.39, 0.29) is 37.2 Å². The second-order valence-electron chi connectivity index (χ2n) is 14.3. The lowest BCUT2D eigenvalue weighted by Crippen LogP contribution is -2.52. The van der Waals surface area contributed by atoms with Crippen LogP contribution >= 0.6 is 0 Å². The minimum atomic E-state index is -0.979. The van der Waals surface area contributed by atoms with Gasteiger partial charge in [-0.15, -0.1) is 0 Å². The number of quaternary nitrogens is 1. The van der Waals surface area contributed by atoms with E-state index in [0.29, 0.717) is 17.6 Å². The van der Waals surface area contributed by atoms with Crippen LogP contribution in [0.1, 0.15) is 162 Å². The van der Waals surface area contributed by atoms with Gasteiger partial charge in [0, 0.05) is 13.1 Å². The van der Waals surface area contributed by atoms with E-state index in [0.717, 1.165) is 32.1 Å². The molecule has 0 rings (SSSR count). The molecule has 0 aliphatic carbocycles. The Kier molecular flexibility index (Phi) is 28.8. The first-order chi connectivity index (χ1) is 22.1. The fourth-order valence-corrected chi connectivity index (χ4v) is 5.52. The molecule has 4 N–H and O–H groups in total. The number of hydrogen-bond acceptors (Lipinski definition) is 4. The molecule has 0 saturated carbocycles. The first-order valence-electron chi connectivity index (χ1n) is 19.0. The third-order valence-corrected chi connectivity index (χ3v) is 8.29. The summed E-state index contributed by atoms with van der Waals surface area (Å²) in [6.45, 7) is 5.57. The molecule has 0 bridgehead atoms. The molecule has 0 aromatic heterocycles. The van der Waals surface area contributed by atoms with Gasteiger partial charge >= 0.3 is 0 Å². The van der Waals surface area contributed by atoms with Crippen LogP contribution in [0.25, 0.3) is 0 Å². The van der Waals surface area contributed by atoms with Crippen molar-refractivity contribution in [1.82, 2.24) is 21.3 Å². The van der Waals surface area contributed by atoms with Crippen LogP contribution in [0.2, 0.25) is 0 Å². The molecule has 0 saturated heterocycles. The molecule has 0 unspecified atom stereocenters. The van der Waals surface area contributed by atoms with Crippen LogP contribution in [0.15, 0.2) is 0 Å². The molecule has 0 radical (unpaired) electrons. The number of nitrogens with one attached hydrogen (secondary N) is 4. The van der Waals surface area contributed by atoms with Crippen LogP contribution in [-0.2, 0) is 19.2 Å². The molecule has 0 spiro atoms. The second-order valence-corrected chi connectivity index (χ2v) is 14.3. The maximum Gasteiger partial charge on any atom is 0.275 e. The summed E-state index contributed by atoms with van der Waals surface area (Å²) < 4.78 is 0.441. The summed E-state index contributed by atoms with van der Waals surface area (Å²) in [5.41, 5.74) is 0. The Morgan fingerprint density at radius 2 is 0.870 bits per heavy atom. The minimum Gasteiger partial charge on any atom is -0.356 e. The second kappa shape index (κ2) is 30.2. The number of carbonyl (C=O) groups is 4. The van der Waals surface area contributed by atoms with Crippen molar-refractivity contribution in [2.45, 2.75) is 168 Å². The SMILES string of the molecule is CCCCCCCCCCCCCNC(=O)C[C@H](NC(=O)CNC(=O)C[N+](C)(C)C)C(=O)NCCCCCCCCCCCCC. The standard InChI is InChI=1S/C37H73N5O4/c1-6-8-10-12-14-16-18-20-22-24-26-28-38-34(43)30-33(41-35(44)31-40-36(45)32-42(3,4)5)37(46)39-29-27-25-23-21-19-17-15-13-11-9-7-2/h33H,6-32H2,1-5H3,(H3-,38,39,40,41,43,44,45,46)/p+1/t33-/m0/s1. The van der Waals surface area contributed by atoms with Gasteiger partial charge in [-0.1, -0.05) is 142 Å². The zero-order chi connectivity index (χ0) is 34.3. The van der Waals surface area contributed by atoms with Crippen molar-refractivity contribution in [1.29, 1.82) is 0 Å². The number of nitrogens with zero attached hydrogens (tertiary/aromatic N) is 1. The van der Waals surface area contributed by atoms with E-state index in [1.54, 1.807) is 0 Å². The Morgan fingerprint density at radius 1 is 0.478 bits per heavy atom. The summed E-state index contributed by atoms with van der Waals surface area (Å²) in [5, 5.41) is 11.1. The molecule has 0 heterocycles. The van der Waals surface area contributed by atoms with Crippen molar-refractivity contribution in [3.05, 3.63) is 0 Å². The summed E-state index contributed by atoms with van der Waals surface area (Å²) in [6.07, 6.45) is 27.0. The van der Waals surface area contributed by atoms with E-state index in [1.165, 1.54) is 109 Å². The topological polar surface area (TPSA) is 116 Å². The lowest BCUT2D eigenvalue weighted by molar-refractivity contribution is -0.862. The first kappa shape index (κ1) is 43.8. The van der Waals surface area contributed by atoms with Gasteiger partial charge in [-0.05, 0) is 12.8 Å². The lowest BCUT2D eigenvalue weighted by atomic mass is 10.1. The normalized spacial score (nSPS) is 12.0. The van der Waals surface area contributed by atoms with E-state index < -0.39 is 11.9 Å². The highest BCUT2D eigenvalue weighted by atomic mass is 16.2. The lowest BCUT2D eigenvalue weighted by Gasteiger charge is -2.23. The predicted molar refractivity (Wildman–Crippen MR) is 191 cm³/mol. The fraction of sp³-hybridized carbons (Fsp3) is 0.892. The largest absolute Gasteiger partial charge is 0.356 e. The summed E-state index contributed by atoms with van der Waals surface area (Å²) in [4.78, 5) is 50.5. The highest BCUT2D eigenvalue weighted by molar-refractivity contribution is 5.93. The van der Waals surface area contributed by atoms with Crippen LogP contribution in [-0.4, -0.2) is 81.5 Å². The quantitative estimate of drug-likeness (QED) is 0.0488. The molecule has 0 aromatic carbocycles. The van der Waals surface area contributed by atoms with Gasteiger partial charge in [-0.2, -0.15) is 0 Å². The third-order valence-electron chi connectivity index (χ3n) is 8.29. The molecule has 0 aromatic rings. The Bertz CT molecular complexity index is 784. The number of unbranched alkanes of at least 4 members (excludes halogenated alkanes) is 20. The van der Waals surface area contributed by atoms with E-state index in [4.69, 9.17) is 0 Å². The molecule has 4 amide bonds. The van der Waals surface area contributed by atoms with Crippen molar-refractivity contribution >= 4 is 23.6 Å². The molecule has 9 nitrogen and oxygen atoms in total. The molecular weight excluding hydrogens is 578 g/mol. The number of amides is 4. The van der Waals surface area contributed by atoms with Crippen molar-refractivity contribution in [3.8, 4) is 0 Å². The molecule has 0 aliphatic heterocycles.